The Morgan fingerprint density at radius 3 is 2.24 bits per heavy atom. The van der Waals surface area contributed by atoms with Crippen molar-refractivity contribution in [1.29, 1.82) is 0 Å². The van der Waals surface area contributed by atoms with E-state index in [4.69, 9.17) is 0 Å². The second kappa shape index (κ2) is 6.92. The van der Waals surface area contributed by atoms with Crippen LogP contribution in [0.15, 0.2) is 47.4 Å². The molecule has 3 rings (SSSR count). The molecule has 132 valence electrons. The minimum Gasteiger partial charge on any atom is -0.322 e. The van der Waals surface area contributed by atoms with Crippen molar-refractivity contribution in [2.45, 2.75) is 35.8 Å². The summed E-state index contributed by atoms with van der Waals surface area (Å²) in [4.78, 5) is 12.2. The SMILES string of the molecule is O=C(Nc1cccc(S(=O)(=O)C2CCCC2)c1)c1c(F)cccc1F. The van der Waals surface area contributed by atoms with E-state index in [1.165, 1.54) is 24.3 Å². The zero-order valence-electron chi connectivity index (χ0n) is 13.3. The van der Waals surface area contributed by atoms with Gasteiger partial charge in [0, 0.05) is 5.69 Å². The lowest BCUT2D eigenvalue weighted by atomic mass is 10.2. The van der Waals surface area contributed by atoms with Crippen molar-refractivity contribution in [2.75, 3.05) is 5.32 Å². The van der Waals surface area contributed by atoms with E-state index in [0.717, 1.165) is 31.0 Å². The first kappa shape index (κ1) is 17.5. The molecule has 0 atom stereocenters. The summed E-state index contributed by atoms with van der Waals surface area (Å²) in [6, 6.07) is 8.89. The first-order chi connectivity index (χ1) is 11.9. The molecule has 0 aromatic heterocycles. The monoisotopic (exact) mass is 365 g/mol. The fraction of sp³-hybridized carbons (Fsp3) is 0.278. The molecule has 0 heterocycles. The lowest BCUT2D eigenvalue weighted by Gasteiger charge is -2.13. The maximum atomic E-state index is 13.7. The summed E-state index contributed by atoms with van der Waals surface area (Å²) in [5, 5.41) is 1.95. The zero-order chi connectivity index (χ0) is 18.0. The Bertz CT molecular complexity index is 886. The lowest BCUT2D eigenvalue weighted by molar-refractivity contribution is 0.101. The number of carbonyl (C=O) groups is 1. The first-order valence-electron chi connectivity index (χ1n) is 7.99. The van der Waals surface area contributed by atoms with Gasteiger partial charge in [0.2, 0.25) is 0 Å². The molecule has 7 heteroatoms. The molecule has 25 heavy (non-hydrogen) atoms. The van der Waals surface area contributed by atoms with E-state index in [0.29, 0.717) is 12.8 Å². The second-order valence-electron chi connectivity index (χ2n) is 6.03. The molecular formula is C18H17F2NO3S. The van der Waals surface area contributed by atoms with Gasteiger partial charge < -0.3 is 5.32 Å². The number of halogens is 2. The van der Waals surface area contributed by atoms with Gasteiger partial charge in [-0.15, -0.1) is 0 Å². The highest BCUT2D eigenvalue weighted by molar-refractivity contribution is 7.92. The smallest absolute Gasteiger partial charge is 0.261 e. The summed E-state index contributed by atoms with van der Waals surface area (Å²) in [5.74, 6) is -2.93. The minimum absolute atomic E-state index is 0.103. The molecule has 0 aliphatic heterocycles. The van der Waals surface area contributed by atoms with Crippen molar-refractivity contribution in [3.05, 3.63) is 59.7 Å². The van der Waals surface area contributed by atoms with Gasteiger partial charge in [-0.25, -0.2) is 17.2 Å². The maximum absolute atomic E-state index is 13.7. The van der Waals surface area contributed by atoms with Gasteiger partial charge in [-0.3, -0.25) is 4.79 Å². The van der Waals surface area contributed by atoms with E-state index in [1.807, 2.05) is 0 Å². The molecule has 1 fully saturated rings. The van der Waals surface area contributed by atoms with Crippen LogP contribution in [0.2, 0.25) is 0 Å². The van der Waals surface area contributed by atoms with Crippen LogP contribution in [-0.2, 0) is 9.84 Å². The molecule has 0 saturated heterocycles. The molecule has 1 amide bonds. The number of anilines is 1. The third kappa shape index (κ3) is 3.56. The van der Waals surface area contributed by atoms with E-state index >= 15 is 0 Å². The summed E-state index contributed by atoms with van der Waals surface area (Å²) in [5.41, 5.74) is -0.529. The fourth-order valence-electron chi connectivity index (χ4n) is 3.05. The molecular weight excluding hydrogens is 348 g/mol. The number of hydrogen-bond acceptors (Lipinski definition) is 3. The average molecular weight is 365 g/mol. The van der Waals surface area contributed by atoms with Crippen LogP contribution in [0, 0.1) is 11.6 Å². The highest BCUT2D eigenvalue weighted by atomic mass is 32.2. The van der Waals surface area contributed by atoms with Crippen LogP contribution in [0.4, 0.5) is 14.5 Å². The molecule has 1 aliphatic carbocycles. The molecule has 1 N–H and O–H groups in total. The van der Waals surface area contributed by atoms with Crippen LogP contribution in [0.3, 0.4) is 0 Å². The van der Waals surface area contributed by atoms with Crippen LogP contribution in [0.1, 0.15) is 36.0 Å². The molecule has 1 saturated carbocycles. The van der Waals surface area contributed by atoms with Crippen LogP contribution in [-0.4, -0.2) is 19.6 Å². The normalized spacial score (nSPS) is 15.3. The van der Waals surface area contributed by atoms with Gasteiger partial charge in [0.05, 0.1) is 10.1 Å². The van der Waals surface area contributed by atoms with Crippen molar-refractivity contribution in [3.8, 4) is 0 Å². The molecule has 2 aromatic carbocycles. The van der Waals surface area contributed by atoms with E-state index in [2.05, 4.69) is 5.32 Å². The van der Waals surface area contributed by atoms with Gasteiger partial charge in [-0.05, 0) is 43.2 Å². The van der Waals surface area contributed by atoms with Gasteiger partial charge in [-0.2, -0.15) is 0 Å². The largest absolute Gasteiger partial charge is 0.322 e. The van der Waals surface area contributed by atoms with Crippen LogP contribution in [0.5, 0.6) is 0 Å². The standard InChI is InChI=1S/C18H17F2NO3S/c19-15-9-4-10-16(20)17(15)18(22)21-12-5-3-8-14(11-12)25(23,24)13-6-1-2-7-13/h3-5,8-11,13H,1-2,6-7H2,(H,21,22). The number of carbonyl (C=O) groups excluding carboxylic acids is 1. The second-order valence-corrected chi connectivity index (χ2v) is 8.26. The number of amides is 1. The predicted octanol–water partition coefficient (Wildman–Crippen LogP) is 3.93. The van der Waals surface area contributed by atoms with E-state index in [9.17, 15) is 22.0 Å². The zero-order valence-corrected chi connectivity index (χ0v) is 14.2. The minimum atomic E-state index is -3.48. The van der Waals surface area contributed by atoms with Gasteiger partial charge in [0.1, 0.15) is 17.2 Å². The molecule has 4 nitrogen and oxygen atoms in total. The molecule has 0 spiro atoms. The van der Waals surface area contributed by atoms with Gasteiger partial charge in [0.15, 0.2) is 9.84 Å². The summed E-state index contributed by atoms with van der Waals surface area (Å²) in [6.07, 6.45) is 3.01. The molecule has 0 bridgehead atoms. The molecule has 1 aliphatic rings. The number of rotatable bonds is 4. The van der Waals surface area contributed by atoms with Gasteiger partial charge in [-0.1, -0.05) is 25.0 Å². The number of sulfone groups is 1. The highest BCUT2D eigenvalue weighted by Crippen LogP contribution is 2.30. The summed E-state index contributed by atoms with van der Waals surface area (Å²) in [6.45, 7) is 0. The van der Waals surface area contributed by atoms with Crippen molar-refractivity contribution in [2.24, 2.45) is 0 Å². The predicted molar refractivity (Wildman–Crippen MR) is 90.2 cm³/mol. The quantitative estimate of drug-likeness (QED) is 0.893. The van der Waals surface area contributed by atoms with Crippen LogP contribution in [0.25, 0.3) is 0 Å². The van der Waals surface area contributed by atoms with Gasteiger partial charge >= 0.3 is 0 Å². The Balaban J connectivity index is 1.86. The Morgan fingerprint density at radius 2 is 1.60 bits per heavy atom. The average Bonchev–Trinajstić information content (AvgIpc) is 3.10. The Kier molecular flexibility index (Phi) is 4.85. The number of benzene rings is 2. The summed E-state index contributed by atoms with van der Waals surface area (Å²) in [7, 11) is -3.48. The van der Waals surface area contributed by atoms with Crippen molar-refractivity contribution in [3.63, 3.8) is 0 Å². The van der Waals surface area contributed by atoms with E-state index in [1.54, 1.807) is 0 Å². The summed E-state index contributed by atoms with van der Waals surface area (Å²) < 4.78 is 52.6. The molecule has 0 radical (unpaired) electrons. The summed E-state index contributed by atoms with van der Waals surface area (Å²) >= 11 is 0. The third-order valence-electron chi connectivity index (χ3n) is 4.35. The number of hydrogen-bond donors (Lipinski definition) is 1. The van der Waals surface area contributed by atoms with Crippen molar-refractivity contribution < 1.29 is 22.0 Å². The Hall–Kier alpha value is -2.28. The Labute approximate surface area is 144 Å². The Morgan fingerprint density at radius 1 is 1.00 bits per heavy atom. The van der Waals surface area contributed by atoms with E-state index < -0.39 is 38.2 Å². The molecule has 0 unspecified atom stereocenters. The van der Waals surface area contributed by atoms with Crippen molar-refractivity contribution >= 4 is 21.4 Å². The third-order valence-corrected chi connectivity index (χ3v) is 6.61. The van der Waals surface area contributed by atoms with E-state index in [-0.39, 0.29) is 10.6 Å². The topological polar surface area (TPSA) is 63.2 Å². The van der Waals surface area contributed by atoms with Crippen LogP contribution >= 0.6 is 0 Å². The molecule has 2 aromatic rings. The fourth-order valence-corrected chi connectivity index (χ4v) is 4.95. The number of nitrogens with one attached hydrogen (secondary N) is 1. The van der Waals surface area contributed by atoms with Crippen LogP contribution < -0.4 is 5.32 Å². The lowest BCUT2D eigenvalue weighted by Crippen LogP contribution is -2.19. The maximum Gasteiger partial charge on any atom is 0.261 e. The van der Waals surface area contributed by atoms with Gasteiger partial charge in [0.25, 0.3) is 5.91 Å². The highest BCUT2D eigenvalue weighted by Gasteiger charge is 2.30. The van der Waals surface area contributed by atoms with Crippen molar-refractivity contribution in [1.82, 2.24) is 0 Å². The first-order valence-corrected chi connectivity index (χ1v) is 9.53.